The molecule has 0 saturated heterocycles. The molecule has 5 heteroatoms. The third-order valence-corrected chi connectivity index (χ3v) is 2.63. The van der Waals surface area contributed by atoms with Gasteiger partial charge in [-0.25, -0.2) is 0 Å². The minimum Gasteiger partial charge on any atom is -0.398 e. The van der Waals surface area contributed by atoms with Gasteiger partial charge in [0.15, 0.2) is 0 Å². The van der Waals surface area contributed by atoms with E-state index >= 15 is 0 Å². The molecule has 0 aliphatic carbocycles. The summed E-state index contributed by atoms with van der Waals surface area (Å²) in [5.41, 5.74) is 8.72. The van der Waals surface area contributed by atoms with Crippen LogP contribution in [0.1, 0.15) is 21.5 Å². The fourth-order valence-electron chi connectivity index (χ4n) is 1.55. The van der Waals surface area contributed by atoms with Crippen molar-refractivity contribution in [3.05, 3.63) is 47.3 Å². The van der Waals surface area contributed by atoms with Crippen molar-refractivity contribution in [3.63, 3.8) is 0 Å². The van der Waals surface area contributed by atoms with Crippen LogP contribution in [0.4, 0.5) is 5.69 Å². The number of carbonyl (C=O) groups is 1. The number of rotatable bonds is 3. The first-order chi connectivity index (χ1) is 8.18. The summed E-state index contributed by atoms with van der Waals surface area (Å²) in [6.07, 6.45) is 3.42. The van der Waals surface area contributed by atoms with Crippen molar-refractivity contribution in [2.24, 2.45) is 0 Å². The van der Waals surface area contributed by atoms with Gasteiger partial charge in [-0.3, -0.25) is 9.89 Å². The van der Waals surface area contributed by atoms with Crippen molar-refractivity contribution in [3.8, 4) is 0 Å². The molecule has 2 rings (SSSR count). The van der Waals surface area contributed by atoms with Gasteiger partial charge >= 0.3 is 0 Å². The highest BCUT2D eigenvalue weighted by atomic mass is 16.1. The smallest absolute Gasteiger partial charge is 0.251 e. The molecule has 5 nitrogen and oxygen atoms in total. The minimum atomic E-state index is -0.129. The molecule has 0 unspecified atom stereocenters. The molecule has 1 amide bonds. The number of benzene rings is 1. The molecule has 0 atom stereocenters. The molecule has 0 bridgehead atoms. The number of nitrogens with two attached hydrogens (primary N) is 1. The van der Waals surface area contributed by atoms with Crippen molar-refractivity contribution < 1.29 is 4.79 Å². The molecular weight excluding hydrogens is 216 g/mol. The Morgan fingerprint density at radius 2 is 2.35 bits per heavy atom. The number of nitrogen functional groups attached to an aromatic ring is 1. The third kappa shape index (κ3) is 2.44. The van der Waals surface area contributed by atoms with Crippen LogP contribution in [-0.2, 0) is 6.54 Å². The molecule has 0 fully saturated rings. The van der Waals surface area contributed by atoms with Gasteiger partial charge in [0, 0.05) is 29.6 Å². The highest BCUT2D eigenvalue weighted by molar-refractivity contribution is 5.96. The molecule has 1 aromatic carbocycles. The second-order valence-corrected chi connectivity index (χ2v) is 3.81. The van der Waals surface area contributed by atoms with Crippen LogP contribution in [0.5, 0.6) is 0 Å². The molecule has 0 spiro atoms. The van der Waals surface area contributed by atoms with Gasteiger partial charge in [0.25, 0.3) is 5.91 Å². The lowest BCUT2D eigenvalue weighted by atomic mass is 10.1. The highest BCUT2D eigenvalue weighted by Crippen LogP contribution is 2.15. The zero-order chi connectivity index (χ0) is 12.3. The van der Waals surface area contributed by atoms with Gasteiger partial charge in [-0.15, -0.1) is 0 Å². The molecule has 2 aromatic rings. The van der Waals surface area contributed by atoms with E-state index in [-0.39, 0.29) is 5.91 Å². The maximum atomic E-state index is 11.9. The Kier molecular flexibility index (Phi) is 3.09. The molecule has 0 aliphatic heterocycles. The normalized spacial score (nSPS) is 10.2. The van der Waals surface area contributed by atoms with E-state index in [4.69, 9.17) is 5.73 Å². The summed E-state index contributed by atoms with van der Waals surface area (Å²) in [5.74, 6) is -0.129. The Morgan fingerprint density at radius 1 is 1.53 bits per heavy atom. The molecule has 0 aliphatic rings. The predicted molar refractivity (Wildman–Crippen MR) is 65.3 cm³/mol. The maximum absolute atomic E-state index is 11.9. The number of nitrogens with zero attached hydrogens (tertiary/aromatic N) is 1. The van der Waals surface area contributed by atoms with Gasteiger partial charge in [0.1, 0.15) is 0 Å². The standard InChI is InChI=1S/C12H14N4O/c1-8-10(3-2-4-11(8)13)12(17)14-5-9-6-15-16-7-9/h2-4,6-7H,5,13H2,1H3,(H,14,17)(H,15,16). The molecular formula is C12H14N4O. The van der Waals surface area contributed by atoms with E-state index in [0.29, 0.717) is 17.8 Å². The number of aromatic amines is 1. The molecule has 1 aromatic heterocycles. The predicted octanol–water partition coefficient (Wildman–Crippen LogP) is 1.23. The lowest BCUT2D eigenvalue weighted by Crippen LogP contribution is -2.23. The molecule has 88 valence electrons. The topological polar surface area (TPSA) is 83.8 Å². The summed E-state index contributed by atoms with van der Waals surface area (Å²) in [7, 11) is 0. The fourth-order valence-corrected chi connectivity index (χ4v) is 1.55. The van der Waals surface area contributed by atoms with Crippen molar-refractivity contribution in [1.29, 1.82) is 0 Å². The Hall–Kier alpha value is -2.30. The van der Waals surface area contributed by atoms with E-state index in [1.54, 1.807) is 30.6 Å². The number of hydrogen-bond acceptors (Lipinski definition) is 3. The van der Waals surface area contributed by atoms with Crippen LogP contribution in [0.2, 0.25) is 0 Å². The summed E-state index contributed by atoms with van der Waals surface area (Å²) in [5, 5.41) is 9.32. The van der Waals surface area contributed by atoms with Gasteiger partial charge in [0.05, 0.1) is 6.20 Å². The molecule has 0 saturated carbocycles. The monoisotopic (exact) mass is 230 g/mol. The van der Waals surface area contributed by atoms with Crippen LogP contribution >= 0.6 is 0 Å². The summed E-state index contributed by atoms with van der Waals surface area (Å²) in [4.78, 5) is 11.9. The van der Waals surface area contributed by atoms with E-state index in [0.717, 1.165) is 11.1 Å². The average Bonchev–Trinajstić information content (AvgIpc) is 2.82. The van der Waals surface area contributed by atoms with Crippen molar-refractivity contribution in [1.82, 2.24) is 15.5 Å². The van der Waals surface area contributed by atoms with Crippen molar-refractivity contribution >= 4 is 11.6 Å². The number of anilines is 1. The second kappa shape index (κ2) is 4.69. The third-order valence-electron chi connectivity index (χ3n) is 2.63. The largest absolute Gasteiger partial charge is 0.398 e. The first-order valence-corrected chi connectivity index (χ1v) is 5.29. The quantitative estimate of drug-likeness (QED) is 0.693. The second-order valence-electron chi connectivity index (χ2n) is 3.81. The average molecular weight is 230 g/mol. The Morgan fingerprint density at radius 3 is 3.06 bits per heavy atom. The number of amides is 1. The lowest BCUT2D eigenvalue weighted by molar-refractivity contribution is 0.0950. The van der Waals surface area contributed by atoms with E-state index < -0.39 is 0 Å². The van der Waals surface area contributed by atoms with Gasteiger partial charge in [-0.1, -0.05) is 6.07 Å². The Labute approximate surface area is 99.0 Å². The van der Waals surface area contributed by atoms with Crippen molar-refractivity contribution in [2.75, 3.05) is 5.73 Å². The van der Waals surface area contributed by atoms with Crippen LogP contribution in [0.3, 0.4) is 0 Å². The molecule has 17 heavy (non-hydrogen) atoms. The number of nitrogens with one attached hydrogen (secondary N) is 2. The zero-order valence-corrected chi connectivity index (χ0v) is 9.53. The van der Waals surface area contributed by atoms with Gasteiger partial charge < -0.3 is 11.1 Å². The van der Waals surface area contributed by atoms with Gasteiger partial charge in [-0.05, 0) is 24.6 Å². The van der Waals surface area contributed by atoms with Crippen LogP contribution in [0.25, 0.3) is 0 Å². The summed E-state index contributed by atoms with van der Waals surface area (Å²) < 4.78 is 0. The van der Waals surface area contributed by atoms with E-state index in [9.17, 15) is 4.79 Å². The van der Waals surface area contributed by atoms with Gasteiger partial charge in [-0.2, -0.15) is 5.10 Å². The first kappa shape index (κ1) is 11.2. The van der Waals surface area contributed by atoms with Crippen LogP contribution in [0, 0.1) is 6.92 Å². The first-order valence-electron chi connectivity index (χ1n) is 5.29. The fraction of sp³-hybridized carbons (Fsp3) is 0.167. The van der Waals surface area contributed by atoms with E-state index in [1.165, 1.54) is 0 Å². The van der Waals surface area contributed by atoms with E-state index in [2.05, 4.69) is 15.5 Å². The zero-order valence-electron chi connectivity index (χ0n) is 9.53. The number of aromatic nitrogens is 2. The Balaban J connectivity index is 2.07. The minimum absolute atomic E-state index is 0.129. The van der Waals surface area contributed by atoms with Crippen LogP contribution in [-0.4, -0.2) is 16.1 Å². The molecule has 1 heterocycles. The van der Waals surface area contributed by atoms with Gasteiger partial charge in [0.2, 0.25) is 0 Å². The SMILES string of the molecule is Cc1c(N)cccc1C(=O)NCc1cn[nH]c1. The maximum Gasteiger partial charge on any atom is 0.251 e. The summed E-state index contributed by atoms with van der Waals surface area (Å²) in [6.45, 7) is 2.28. The van der Waals surface area contributed by atoms with Crippen molar-refractivity contribution in [2.45, 2.75) is 13.5 Å². The Bertz CT molecular complexity index is 519. The highest BCUT2D eigenvalue weighted by Gasteiger charge is 2.09. The molecule has 0 radical (unpaired) electrons. The van der Waals surface area contributed by atoms with E-state index in [1.807, 2.05) is 6.92 Å². The number of H-pyrrole nitrogens is 1. The number of hydrogen-bond donors (Lipinski definition) is 3. The summed E-state index contributed by atoms with van der Waals surface area (Å²) in [6, 6.07) is 5.31. The van der Waals surface area contributed by atoms with Crippen LogP contribution < -0.4 is 11.1 Å². The lowest BCUT2D eigenvalue weighted by Gasteiger charge is -2.08. The summed E-state index contributed by atoms with van der Waals surface area (Å²) >= 11 is 0. The van der Waals surface area contributed by atoms with Crippen LogP contribution in [0.15, 0.2) is 30.6 Å². The molecule has 4 N–H and O–H groups in total. The number of carbonyl (C=O) groups excluding carboxylic acids is 1.